The van der Waals surface area contributed by atoms with Gasteiger partial charge in [0, 0.05) is 25.1 Å². The fourth-order valence-corrected chi connectivity index (χ4v) is 5.91. The largest absolute Gasteiger partial charge is 0.497 e. The molecule has 0 atom stereocenters. The Morgan fingerprint density at radius 2 is 1.84 bits per heavy atom. The summed E-state index contributed by atoms with van der Waals surface area (Å²) < 4.78 is 44.3. The highest BCUT2D eigenvalue weighted by Gasteiger charge is 2.17. The molecule has 0 radical (unpaired) electrons. The van der Waals surface area contributed by atoms with Crippen molar-refractivity contribution < 1.29 is 27.4 Å². The summed E-state index contributed by atoms with van der Waals surface area (Å²) >= 11 is 1.40. The Morgan fingerprint density at radius 3 is 2.50 bits per heavy atom. The lowest BCUT2D eigenvalue weighted by Gasteiger charge is -2.18. The molecule has 2 heterocycles. The molecule has 0 spiro atoms. The van der Waals surface area contributed by atoms with E-state index < -0.39 is 9.84 Å². The van der Waals surface area contributed by atoms with Crippen molar-refractivity contribution in [2.75, 3.05) is 26.1 Å². The molecule has 8 nitrogen and oxygen atoms in total. The smallest absolute Gasteiger partial charge is 0.248 e. The van der Waals surface area contributed by atoms with Crippen LogP contribution in [-0.4, -0.2) is 45.0 Å². The van der Waals surface area contributed by atoms with E-state index in [4.69, 9.17) is 14.2 Å². The third-order valence-electron chi connectivity index (χ3n) is 5.11. The number of sulfone groups is 1. The van der Waals surface area contributed by atoms with Gasteiger partial charge in [0.2, 0.25) is 5.91 Å². The summed E-state index contributed by atoms with van der Waals surface area (Å²) in [6.07, 6.45) is 0.250. The monoisotopic (exact) mass is 476 g/mol. The summed E-state index contributed by atoms with van der Waals surface area (Å²) in [5.74, 6) is 1.49. The zero-order valence-corrected chi connectivity index (χ0v) is 19.5. The van der Waals surface area contributed by atoms with E-state index in [2.05, 4.69) is 4.99 Å². The first kappa shape index (κ1) is 22.3. The number of methoxy groups -OCH3 is 1. The molecule has 1 amide bonds. The number of nitrogens with zero attached hydrogens (tertiary/aromatic N) is 2. The molecule has 32 heavy (non-hydrogen) atoms. The van der Waals surface area contributed by atoms with E-state index >= 15 is 0 Å². The van der Waals surface area contributed by atoms with Gasteiger partial charge in [-0.25, -0.2) is 8.42 Å². The van der Waals surface area contributed by atoms with Gasteiger partial charge in [-0.3, -0.25) is 4.79 Å². The first-order valence-corrected chi connectivity index (χ1v) is 12.8. The van der Waals surface area contributed by atoms with Gasteiger partial charge in [0.1, 0.15) is 19.0 Å². The highest BCUT2D eigenvalue weighted by Crippen LogP contribution is 2.35. The van der Waals surface area contributed by atoms with Crippen LogP contribution in [0.1, 0.15) is 19.8 Å². The van der Waals surface area contributed by atoms with Crippen molar-refractivity contribution in [3.8, 4) is 17.2 Å². The molecule has 0 aliphatic carbocycles. The summed E-state index contributed by atoms with van der Waals surface area (Å²) in [5.41, 5.74) is 0.926. The Bertz CT molecular complexity index is 1310. The van der Waals surface area contributed by atoms with Crippen molar-refractivity contribution in [2.45, 2.75) is 31.2 Å². The fourth-order valence-electron chi connectivity index (χ4n) is 3.47. The number of carbonyl (C=O) groups excluding carboxylic acids is 1. The number of fused-ring (bicyclic) bond motifs is 2. The number of hydrogen-bond acceptors (Lipinski definition) is 7. The number of ether oxygens (including phenoxy) is 3. The van der Waals surface area contributed by atoms with Crippen molar-refractivity contribution in [2.24, 2.45) is 4.99 Å². The lowest BCUT2D eigenvalue weighted by Crippen LogP contribution is -2.17. The quantitative estimate of drug-likeness (QED) is 0.520. The summed E-state index contributed by atoms with van der Waals surface area (Å²) in [4.78, 5) is 17.5. The van der Waals surface area contributed by atoms with Gasteiger partial charge in [0.15, 0.2) is 26.1 Å². The molecule has 1 aliphatic rings. The molecule has 1 aliphatic heterocycles. The Labute approximate surface area is 190 Å². The summed E-state index contributed by atoms with van der Waals surface area (Å²) in [6.45, 7) is 3.63. The van der Waals surface area contributed by atoms with Gasteiger partial charge < -0.3 is 18.8 Å². The number of aromatic nitrogens is 1. The molecule has 0 fully saturated rings. The molecular weight excluding hydrogens is 452 g/mol. The molecule has 0 bridgehead atoms. The molecule has 4 rings (SSSR count). The number of aryl methyl sites for hydroxylation is 1. The van der Waals surface area contributed by atoms with Gasteiger partial charge >= 0.3 is 0 Å². The predicted octanol–water partition coefficient (Wildman–Crippen LogP) is 3.18. The zero-order valence-electron chi connectivity index (χ0n) is 17.9. The summed E-state index contributed by atoms with van der Waals surface area (Å²) in [5, 5.41) is 0. The number of carbonyl (C=O) groups is 1. The Morgan fingerprint density at radius 1 is 1.16 bits per heavy atom. The second kappa shape index (κ2) is 9.33. The van der Waals surface area contributed by atoms with E-state index in [-0.39, 0.29) is 29.4 Å². The molecule has 0 saturated heterocycles. The second-order valence-corrected chi connectivity index (χ2v) is 10.3. The Hall–Kier alpha value is -2.85. The minimum Gasteiger partial charge on any atom is -0.497 e. The Balaban J connectivity index is 1.48. The van der Waals surface area contributed by atoms with E-state index in [9.17, 15) is 13.2 Å². The van der Waals surface area contributed by atoms with Crippen molar-refractivity contribution in [3.05, 3.63) is 41.2 Å². The van der Waals surface area contributed by atoms with Crippen LogP contribution >= 0.6 is 11.3 Å². The zero-order chi connectivity index (χ0) is 22.7. The van der Waals surface area contributed by atoms with Crippen LogP contribution < -0.4 is 19.0 Å². The van der Waals surface area contributed by atoms with Crippen LogP contribution in [0.4, 0.5) is 0 Å². The van der Waals surface area contributed by atoms with Crippen LogP contribution in [0.2, 0.25) is 0 Å². The molecule has 0 saturated carbocycles. The van der Waals surface area contributed by atoms with E-state index in [1.165, 1.54) is 30.6 Å². The van der Waals surface area contributed by atoms with Gasteiger partial charge in [0.05, 0.1) is 28.0 Å². The van der Waals surface area contributed by atoms with Crippen LogP contribution in [0.3, 0.4) is 0 Å². The van der Waals surface area contributed by atoms with Crippen LogP contribution in [-0.2, 0) is 21.2 Å². The number of benzene rings is 2. The maximum atomic E-state index is 12.5. The molecule has 170 valence electrons. The van der Waals surface area contributed by atoms with E-state index in [1.54, 1.807) is 12.1 Å². The van der Waals surface area contributed by atoms with Crippen LogP contribution in [0.5, 0.6) is 17.2 Å². The maximum Gasteiger partial charge on any atom is 0.248 e. The van der Waals surface area contributed by atoms with Crippen molar-refractivity contribution in [1.82, 2.24) is 4.57 Å². The number of rotatable bonds is 7. The van der Waals surface area contributed by atoms with Crippen molar-refractivity contribution in [1.29, 1.82) is 0 Å². The van der Waals surface area contributed by atoms with Gasteiger partial charge in [-0.2, -0.15) is 4.99 Å². The van der Waals surface area contributed by atoms with Gasteiger partial charge in [0.25, 0.3) is 0 Å². The Kier molecular flexibility index (Phi) is 6.52. The number of hydrogen-bond donors (Lipinski definition) is 0. The molecule has 3 aromatic rings. The standard InChI is InChI=1S/C22H24N2O6S2/c1-3-24-17-13-18-19(30-11-10-29-18)14-20(17)31-22(24)23-21(25)5-4-12-32(26,27)16-8-6-15(28-2)7-9-16/h6-9,13-14H,3-5,10-12H2,1-2H3. The average Bonchev–Trinajstić information content (AvgIpc) is 3.12. The molecule has 0 N–H and O–H groups in total. The minimum absolute atomic E-state index is 0.0517. The molecule has 2 aromatic carbocycles. The lowest BCUT2D eigenvalue weighted by molar-refractivity contribution is -0.118. The van der Waals surface area contributed by atoms with Crippen molar-refractivity contribution >= 4 is 37.3 Å². The minimum atomic E-state index is -3.48. The normalized spacial score (nSPS) is 14.0. The number of amides is 1. The molecule has 1 aromatic heterocycles. The van der Waals surface area contributed by atoms with Crippen LogP contribution in [0, 0.1) is 0 Å². The predicted molar refractivity (Wildman–Crippen MR) is 121 cm³/mol. The summed E-state index contributed by atoms with van der Waals surface area (Å²) in [6, 6.07) is 10.0. The second-order valence-electron chi connectivity index (χ2n) is 7.20. The summed E-state index contributed by atoms with van der Waals surface area (Å²) in [7, 11) is -1.96. The topological polar surface area (TPSA) is 96.2 Å². The highest BCUT2D eigenvalue weighted by molar-refractivity contribution is 7.91. The lowest BCUT2D eigenvalue weighted by atomic mass is 10.2. The van der Waals surface area contributed by atoms with Gasteiger partial charge in [-0.15, -0.1) is 0 Å². The van der Waals surface area contributed by atoms with E-state index in [0.29, 0.717) is 41.8 Å². The fraction of sp³-hybridized carbons (Fsp3) is 0.364. The van der Waals surface area contributed by atoms with Crippen molar-refractivity contribution in [3.63, 3.8) is 0 Å². The van der Waals surface area contributed by atoms with Crippen LogP contribution in [0.15, 0.2) is 46.3 Å². The first-order chi connectivity index (χ1) is 15.4. The van der Waals surface area contributed by atoms with E-state index in [1.807, 2.05) is 23.6 Å². The average molecular weight is 477 g/mol. The van der Waals surface area contributed by atoms with Gasteiger partial charge in [-0.05, 0) is 37.6 Å². The van der Waals surface area contributed by atoms with Gasteiger partial charge in [-0.1, -0.05) is 11.3 Å². The maximum absolute atomic E-state index is 12.5. The molecule has 10 heteroatoms. The molecule has 0 unspecified atom stereocenters. The first-order valence-electron chi connectivity index (χ1n) is 10.3. The highest BCUT2D eigenvalue weighted by atomic mass is 32.2. The third kappa shape index (κ3) is 4.66. The number of thiazole rings is 1. The molecular formula is C22H24N2O6S2. The van der Waals surface area contributed by atoms with Crippen LogP contribution in [0.25, 0.3) is 10.2 Å². The third-order valence-corrected chi connectivity index (χ3v) is 7.96. The SMILES string of the molecule is CCn1c(=NC(=O)CCCS(=O)(=O)c2ccc(OC)cc2)sc2cc3c(cc21)OCCO3. The van der Waals surface area contributed by atoms with E-state index in [0.717, 1.165) is 10.2 Å².